The van der Waals surface area contributed by atoms with Crippen LogP contribution < -0.4 is 0 Å². The Hall–Kier alpha value is -8.87. The van der Waals surface area contributed by atoms with Crippen molar-refractivity contribution >= 4 is 87.2 Å². The molecule has 0 aliphatic heterocycles. The van der Waals surface area contributed by atoms with E-state index >= 15 is 0 Å². The third-order valence-electron chi connectivity index (χ3n) is 13.0. The lowest BCUT2D eigenvalue weighted by atomic mass is 10.0. The number of benzene rings is 10. The molecule has 4 heterocycles. The Morgan fingerprint density at radius 2 is 0.846 bits per heavy atom. The summed E-state index contributed by atoms with van der Waals surface area (Å²) < 4.78 is 15.6. The van der Waals surface area contributed by atoms with E-state index in [-0.39, 0.29) is 0 Å². The molecule has 0 radical (unpaired) electrons. The molecular formula is C59H34N4O2. The van der Waals surface area contributed by atoms with Gasteiger partial charge in [-0.25, -0.2) is 15.0 Å². The van der Waals surface area contributed by atoms with Crippen LogP contribution in [0.25, 0.3) is 138 Å². The maximum atomic E-state index is 6.81. The summed E-state index contributed by atoms with van der Waals surface area (Å²) in [5, 5.41) is 11.1. The molecular weight excluding hydrogens is 797 g/mol. The highest BCUT2D eigenvalue weighted by molar-refractivity contribution is 6.16. The second-order valence-electron chi connectivity index (χ2n) is 16.8. The number of para-hydroxylation sites is 2. The highest BCUT2D eigenvalue weighted by Crippen LogP contribution is 2.43. The smallest absolute Gasteiger partial charge is 0.166 e. The van der Waals surface area contributed by atoms with Crippen LogP contribution in [0.2, 0.25) is 0 Å². The van der Waals surface area contributed by atoms with Crippen LogP contribution in [0, 0.1) is 0 Å². The summed E-state index contributed by atoms with van der Waals surface area (Å²) in [5.41, 5.74) is 11.0. The Kier molecular flexibility index (Phi) is 7.59. The van der Waals surface area contributed by atoms with Crippen LogP contribution >= 0.6 is 0 Å². The van der Waals surface area contributed by atoms with E-state index in [2.05, 4.69) is 187 Å². The maximum absolute atomic E-state index is 6.81. The SMILES string of the molecule is c1ccc(-c2cccc(-c3nc(-c4ccc5c(c4)oc4ccccc45)nc(-c4cc5c(cc4-n4c6ccccc6c6cc7ccccc7cc64)oc4cc6ccccc6cc45)n3)c2)cc1. The number of fused-ring (bicyclic) bond motifs is 11. The lowest BCUT2D eigenvalue weighted by molar-refractivity contribution is 0.668. The molecule has 0 unspecified atom stereocenters. The predicted molar refractivity (Wildman–Crippen MR) is 265 cm³/mol. The summed E-state index contributed by atoms with van der Waals surface area (Å²) in [6.07, 6.45) is 0. The molecule has 0 fully saturated rings. The van der Waals surface area contributed by atoms with E-state index in [1.807, 2.05) is 24.3 Å². The van der Waals surface area contributed by atoms with Crippen molar-refractivity contribution in [1.29, 1.82) is 0 Å². The van der Waals surface area contributed by atoms with Gasteiger partial charge in [-0.15, -0.1) is 0 Å². The van der Waals surface area contributed by atoms with E-state index in [0.717, 1.165) is 115 Å². The third kappa shape index (κ3) is 5.64. The Morgan fingerprint density at radius 1 is 0.292 bits per heavy atom. The molecule has 0 amide bonds. The highest BCUT2D eigenvalue weighted by Gasteiger charge is 2.23. The van der Waals surface area contributed by atoms with E-state index in [1.165, 1.54) is 5.39 Å². The van der Waals surface area contributed by atoms with Gasteiger partial charge in [-0.2, -0.15) is 0 Å². The molecule has 0 saturated heterocycles. The van der Waals surface area contributed by atoms with Gasteiger partial charge < -0.3 is 13.4 Å². The number of furan rings is 2. The fourth-order valence-electron chi connectivity index (χ4n) is 9.86. The topological polar surface area (TPSA) is 69.9 Å². The first-order valence-electron chi connectivity index (χ1n) is 21.8. The van der Waals surface area contributed by atoms with Crippen molar-refractivity contribution in [3.8, 4) is 51.0 Å². The normalized spacial score (nSPS) is 12.0. The van der Waals surface area contributed by atoms with E-state index in [9.17, 15) is 0 Å². The van der Waals surface area contributed by atoms with Crippen molar-refractivity contribution < 1.29 is 8.83 Å². The number of aromatic nitrogens is 4. The van der Waals surface area contributed by atoms with Gasteiger partial charge in [0.1, 0.15) is 22.3 Å². The standard InChI is InChI=1S/C59H34N4O2/c1-2-13-35(14-3-1)36-19-12-20-41(27-36)57-60-58(42-25-26-45-44-22-9-11-24-53(44)64-54(45)32-42)62-59(61-57)49-33-48-47-29-38-16-5-7-18-40(38)31-55(47)65-56(48)34-52(49)63-50-23-10-8-21-43(50)46-28-37-15-4-6-17-39(37)30-51(46)63/h1-34H. The molecule has 0 atom stereocenters. The number of nitrogens with zero attached hydrogens (tertiary/aromatic N) is 4. The fraction of sp³-hybridized carbons (Fsp3) is 0. The number of rotatable bonds is 5. The molecule has 0 spiro atoms. The van der Waals surface area contributed by atoms with Crippen molar-refractivity contribution in [3.05, 3.63) is 206 Å². The monoisotopic (exact) mass is 830 g/mol. The van der Waals surface area contributed by atoms with Gasteiger partial charge in [0.25, 0.3) is 0 Å². The third-order valence-corrected chi connectivity index (χ3v) is 13.0. The van der Waals surface area contributed by atoms with Crippen molar-refractivity contribution in [2.24, 2.45) is 0 Å². The molecule has 302 valence electrons. The zero-order valence-corrected chi connectivity index (χ0v) is 34.7. The average molecular weight is 831 g/mol. The lowest BCUT2D eigenvalue weighted by Crippen LogP contribution is -2.04. The molecule has 4 aromatic heterocycles. The first kappa shape index (κ1) is 35.7. The molecule has 0 aliphatic carbocycles. The summed E-state index contributed by atoms with van der Waals surface area (Å²) in [6, 6.07) is 72.2. The average Bonchev–Trinajstić information content (AvgIpc) is 4.02. The molecule has 6 heteroatoms. The summed E-state index contributed by atoms with van der Waals surface area (Å²) in [7, 11) is 0. The lowest BCUT2D eigenvalue weighted by Gasteiger charge is -2.15. The molecule has 65 heavy (non-hydrogen) atoms. The Balaban J connectivity index is 1.09. The second-order valence-corrected chi connectivity index (χ2v) is 16.8. The first-order chi connectivity index (χ1) is 32.2. The van der Waals surface area contributed by atoms with Crippen LogP contribution in [0.3, 0.4) is 0 Å². The van der Waals surface area contributed by atoms with Crippen molar-refractivity contribution in [1.82, 2.24) is 19.5 Å². The van der Waals surface area contributed by atoms with Gasteiger partial charge in [-0.05, 0) is 93.3 Å². The minimum absolute atomic E-state index is 0.540. The molecule has 0 N–H and O–H groups in total. The van der Waals surface area contributed by atoms with Gasteiger partial charge in [-0.3, -0.25) is 0 Å². The van der Waals surface area contributed by atoms with Crippen LogP contribution in [0.15, 0.2) is 215 Å². The molecule has 6 nitrogen and oxygen atoms in total. The number of hydrogen-bond donors (Lipinski definition) is 0. The van der Waals surface area contributed by atoms with Crippen LogP contribution in [0.4, 0.5) is 0 Å². The zero-order chi connectivity index (χ0) is 42.6. The van der Waals surface area contributed by atoms with Gasteiger partial charge in [0.15, 0.2) is 17.5 Å². The maximum Gasteiger partial charge on any atom is 0.166 e. The fourth-order valence-corrected chi connectivity index (χ4v) is 9.86. The summed E-state index contributed by atoms with van der Waals surface area (Å²) in [5.74, 6) is 1.65. The summed E-state index contributed by atoms with van der Waals surface area (Å²) in [4.78, 5) is 16.1. The van der Waals surface area contributed by atoms with Gasteiger partial charge in [0.2, 0.25) is 0 Å². The molecule has 0 saturated carbocycles. The highest BCUT2D eigenvalue weighted by atomic mass is 16.3. The zero-order valence-electron chi connectivity index (χ0n) is 34.7. The van der Waals surface area contributed by atoms with Crippen LogP contribution in [0.1, 0.15) is 0 Å². The van der Waals surface area contributed by atoms with E-state index in [0.29, 0.717) is 17.5 Å². The minimum atomic E-state index is 0.540. The van der Waals surface area contributed by atoms with Crippen LogP contribution in [0.5, 0.6) is 0 Å². The number of hydrogen-bond acceptors (Lipinski definition) is 5. The first-order valence-corrected chi connectivity index (χ1v) is 21.8. The van der Waals surface area contributed by atoms with Gasteiger partial charge in [0, 0.05) is 55.1 Å². The van der Waals surface area contributed by atoms with Gasteiger partial charge >= 0.3 is 0 Å². The molecule has 14 rings (SSSR count). The van der Waals surface area contributed by atoms with Crippen LogP contribution in [-0.2, 0) is 0 Å². The quantitative estimate of drug-likeness (QED) is 0.173. The molecule has 14 aromatic rings. The summed E-state index contributed by atoms with van der Waals surface area (Å²) in [6.45, 7) is 0. The van der Waals surface area contributed by atoms with Gasteiger partial charge in [0.05, 0.1) is 16.7 Å². The molecule has 0 aliphatic rings. The minimum Gasteiger partial charge on any atom is -0.456 e. The molecule has 0 bridgehead atoms. The van der Waals surface area contributed by atoms with Crippen molar-refractivity contribution in [2.75, 3.05) is 0 Å². The Bertz CT molecular complexity index is 4250. The summed E-state index contributed by atoms with van der Waals surface area (Å²) >= 11 is 0. The largest absolute Gasteiger partial charge is 0.456 e. The van der Waals surface area contributed by atoms with Gasteiger partial charge in [-0.1, -0.05) is 140 Å². The Morgan fingerprint density at radius 3 is 1.66 bits per heavy atom. The Labute approximate surface area is 371 Å². The van der Waals surface area contributed by atoms with Crippen LogP contribution in [-0.4, -0.2) is 19.5 Å². The second kappa shape index (κ2) is 13.8. The van der Waals surface area contributed by atoms with E-state index in [4.69, 9.17) is 23.8 Å². The molecule has 10 aromatic carbocycles. The predicted octanol–water partition coefficient (Wildman–Crippen LogP) is 15.7. The van der Waals surface area contributed by atoms with E-state index < -0.39 is 0 Å². The van der Waals surface area contributed by atoms with E-state index in [1.54, 1.807) is 0 Å². The van der Waals surface area contributed by atoms with Crippen molar-refractivity contribution in [3.63, 3.8) is 0 Å². The van der Waals surface area contributed by atoms with Crippen molar-refractivity contribution in [2.45, 2.75) is 0 Å².